The predicted molar refractivity (Wildman–Crippen MR) is 86.7 cm³/mol. The molecule has 0 aliphatic rings. The van der Waals surface area contributed by atoms with Crippen LogP contribution in [0.4, 0.5) is 5.69 Å². The van der Waals surface area contributed by atoms with Gasteiger partial charge in [-0.15, -0.1) is 11.3 Å². The monoisotopic (exact) mass is 383 g/mol. The van der Waals surface area contributed by atoms with Gasteiger partial charge in [-0.3, -0.25) is 4.79 Å². The minimum Gasteiger partial charge on any atom is -0.377 e. The third-order valence-corrected chi connectivity index (χ3v) is 4.53. The number of nitrogens with zero attached hydrogens (tertiary/aromatic N) is 1. The van der Waals surface area contributed by atoms with Gasteiger partial charge in [-0.2, -0.15) is 0 Å². The minimum atomic E-state index is -0.0699. The number of thiophene rings is 1. The molecule has 3 aromatic rings. The molecule has 2 N–H and O–H groups in total. The van der Waals surface area contributed by atoms with Crippen LogP contribution in [0.1, 0.15) is 5.82 Å². The molecule has 6 heteroatoms. The average Bonchev–Trinajstić information content (AvgIpc) is 2.87. The Morgan fingerprint density at radius 1 is 1.32 bits per heavy atom. The summed E-state index contributed by atoms with van der Waals surface area (Å²) < 4.78 is 1.82. The quantitative estimate of drug-likeness (QED) is 0.683. The molecule has 0 saturated heterocycles. The van der Waals surface area contributed by atoms with Crippen LogP contribution in [0.2, 0.25) is 0 Å². The van der Waals surface area contributed by atoms with E-state index in [4.69, 9.17) is 0 Å². The lowest BCUT2D eigenvalue weighted by atomic mass is 10.3. The first-order valence-electron chi connectivity index (χ1n) is 5.69. The number of nitrogens with one attached hydrogen (secondary N) is 2. The normalized spacial score (nSPS) is 10.8. The second kappa shape index (κ2) is 5.30. The van der Waals surface area contributed by atoms with E-state index in [0.29, 0.717) is 17.1 Å². The van der Waals surface area contributed by atoms with E-state index in [1.807, 2.05) is 35.7 Å². The highest BCUT2D eigenvalue weighted by atomic mass is 127. The molecule has 0 amide bonds. The molecule has 0 fully saturated rings. The Morgan fingerprint density at radius 2 is 2.16 bits per heavy atom. The van der Waals surface area contributed by atoms with Crippen molar-refractivity contribution in [3.63, 3.8) is 0 Å². The highest BCUT2D eigenvalue weighted by Gasteiger charge is 2.05. The summed E-state index contributed by atoms with van der Waals surface area (Å²) in [7, 11) is 0. The van der Waals surface area contributed by atoms with Crippen LogP contribution in [0.3, 0.4) is 0 Å². The maximum atomic E-state index is 11.8. The topological polar surface area (TPSA) is 57.8 Å². The van der Waals surface area contributed by atoms with Gasteiger partial charge in [0.2, 0.25) is 0 Å². The summed E-state index contributed by atoms with van der Waals surface area (Å²) in [4.78, 5) is 19.1. The number of hydrogen-bond acceptors (Lipinski definition) is 4. The van der Waals surface area contributed by atoms with Crippen molar-refractivity contribution in [3.8, 4) is 0 Å². The Labute approximate surface area is 127 Å². The molecule has 0 aliphatic heterocycles. The molecule has 0 spiro atoms. The van der Waals surface area contributed by atoms with E-state index >= 15 is 0 Å². The molecular formula is C13H10IN3OS. The molecule has 19 heavy (non-hydrogen) atoms. The van der Waals surface area contributed by atoms with Crippen LogP contribution in [0.25, 0.3) is 10.2 Å². The first kappa shape index (κ1) is 12.6. The number of aromatic amines is 1. The van der Waals surface area contributed by atoms with Gasteiger partial charge >= 0.3 is 0 Å². The molecule has 0 aliphatic carbocycles. The van der Waals surface area contributed by atoms with Crippen LogP contribution in [0.5, 0.6) is 0 Å². The summed E-state index contributed by atoms with van der Waals surface area (Å²) >= 11 is 3.68. The van der Waals surface area contributed by atoms with Crippen molar-refractivity contribution in [2.75, 3.05) is 5.32 Å². The summed E-state index contributed by atoms with van der Waals surface area (Å²) in [5, 5.41) is 5.16. The summed E-state index contributed by atoms with van der Waals surface area (Å²) in [5.74, 6) is 0.649. The highest BCUT2D eigenvalue weighted by Crippen LogP contribution is 2.18. The lowest BCUT2D eigenvalue weighted by Crippen LogP contribution is -2.13. The zero-order valence-electron chi connectivity index (χ0n) is 9.81. The summed E-state index contributed by atoms with van der Waals surface area (Å²) in [6.45, 7) is 0.501. The maximum Gasteiger partial charge on any atom is 0.268 e. The summed E-state index contributed by atoms with van der Waals surface area (Å²) in [6.07, 6.45) is 0. The molecule has 96 valence electrons. The van der Waals surface area contributed by atoms with E-state index in [2.05, 4.69) is 37.9 Å². The first-order chi connectivity index (χ1) is 9.24. The molecule has 0 atom stereocenters. The Balaban J connectivity index is 1.86. The van der Waals surface area contributed by atoms with Gasteiger partial charge < -0.3 is 10.3 Å². The van der Waals surface area contributed by atoms with E-state index in [1.54, 1.807) is 0 Å². The number of anilines is 1. The molecular weight excluding hydrogens is 373 g/mol. The van der Waals surface area contributed by atoms with Gasteiger partial charge in [-0.05, 0) is 46.2 Å². The minimum absolute atomic E-state index is 0.0699. The molecule has 4 nitrogen and oxygen atoms in total. The lowest BCUT2D eigenvalue weighted by Gasteiger charge is -2.07. The third kappa shape index (κ3) is 2.64. The first-order valence-corrected chi connectivity index (χ1v) is 7.65. The lowest BCUT2D eigenvalue weighted by molar-refractivity contribution is 0.955. The number of halogens is 1. The van der Waals surface area contributed by atoms with E-state index in [0.717, 1.165) is 14.8 Å². The van der Waals surface area contributed by atoms with Crippen molar-refractivity contribution in [2.24, 2.45) is 0 Å². The van der Waals surface area contributed by atoms with Crippen molar-refractivity contribution in [1.29, 1.82) is 0 Å². The van der Waals surface area contributed by atoms with E-state index in [9.17, 15) is 4.79 Å². The Bertz CT molecular complexity index is 781. The van der Waals surface area contributed by atoms with Crippen LogP contribution in [-0.2, 0) is 6.54 Å². The third-order valence-electron chi connectivity index (χ3n) is 2.68. The van der Waals surface area contributed by atoms with Gasteiger partial charge in [0, 0.05) is 9.26 Å². The van der Waals surface area contributed by atoms with Gasteiger partial charge in [0.1, 0.15) is 10.5 Å². The smallest absolute Gasteiger partial charge is 0.268 e. The predicted octanol–water partition coefficient (Wildman–Crippen LogP) is 3.20. The fourth-order valence-corrected chi connectivity index (χ4v) is 3.09. The van der Waals surface area contributed by atoms with E-state index in [-0.39, 0.29) is 5.56 Å². The highest BCUT2D eigenvalue weighted by molar-refractivity contribution is 14.1. The zero-order valence-corrected chi connectivity index (χ0v) is 12.8. The number of aromatic nitrogens is 2. The SMILES string of the molecule is O=c1[nH]c(CNc2ccccc2I)nc2ccsc12. The van der Waals surface area contributed by atoms with Gasteiger partial charge in [-0.25, -0.2) is 4.98 Å². The van der Waals surface area contributed by atoms with Crippen molar-refractivity contribution >= 4 is 49.8 Å². The molecule has 1 aromatic carbocycles. The second-order valence-corrected chi connectivity index (χ2v) is 6.06. The maximum absolute atomic E-state index is 11.8. The summed E-state index contributed by atoms with van der Waals surface area (Å²) in [5.41, 5.74) is 1.73. The van der Waals surface area contributed by atoms with Crippen molar-refractivity contribution < 1.29 is 0 Å². The summed E-state index contributed by atoms with van der Waals surface area (Å²) in [6, 6.07) is 9.86. The number of hydrogen-bond donors (Lipinski definition) is 2. The number of benzene rings is 1. The molecule has 3 rings (SSSR count). The average molecular weight is 383 g/mol. The van der Waals surface area contributed by atoms with Gasteiger partial charge in [0.25, 0.3) is 5.56 Å². The Hall–Kier alpha value is -1.41. The van der Waals surface area contributed by atoms with Gasteiger partial charge in [0.15, 0.2) is 0 Å². The molecule has 0 bridgehead atoms. The number of fused-ring (bicyclic) bond motifs is 1. The molecule has 2 aromatic heterocycles. The number of para-hydroxylation sites is 1. The van der Waals surface area contributed by atoms with Crippen molar-refractivity contribution in [2.45, 2.75) is 6.54 Å². The largest absolute Gasteiger partial charge is 0.377 e. The van der Waals surface area contributed by atoms with E-state index < -0.39 is 0 Å². The molecule has 0 saturated carbocycles. The molecule has 0 radical (unpaired) electrons. The van der Waals surface area contributed by atoms with Crippen molar-refractivity contribution in [3.05, 3.63) is 55.5 Å². The van der Waals surface area contributed by atoms with Crippen LogP contribution in [-0.4, -0.2) is 9.97 Å². The molecule has 2 heterocycles. The van der Waals surface area contributed by atoms with Crippen LogP contribution >= 0.6 is 33.9 Å². The standard InChI is InChI=1S/C13H10IN3OS/c14-8-3-1-2-4-9(8)15-7-11-16-10-5-6-19-12(10)13(18)17-11/h1-6,15H,7H2,(H,16,17,18). The number of rotatable bonds is 3. The Kier molecular flexibility index (Phi) is 3.52. The fraction of sp³-hybridized carbons (Fsp3) is 0.0769. The van der Waals surface area contributed by atoms with Crippen molar-refractivity contribution in [1.82, 2.24) is 9.97 Å². The van der Waals surface area contributed by atoms with Crippen LogP contribution in [0.15, 0.2) is 40.5 Å². The van der Waals surface area contributed by atoms with Gasteiger partial charge in [-0.1, -0.05) is 12.1 Å². The van der Waals surface area contributed by atoms with Crippen LogP contribution in [0, 0.1) is 3.57 Å². The fourth-order valence-electron chi connectivity index (χ4n) is 1.79. The van der Waals surface area contributed by atoms with Gasteiger partial charge in [0.05, 0.1) is 12.1 Å². The Morgan fingerprint density at radius 3 is 3.00 bits per heavy atom. The zero-order chi connectivity index (χ0) is 13.2. The second-order valence-electron chi connectivity index (χ2n) is 3.98. The van der Waals surface area contributed by atoms with Crippen LogP contribution < -0.4 is 10.9 Å². The number of H-pyrrole nitrogens is 1. The molecule has 0 unspecified atom stereocenters. The van der Waals surface area contributed by atoms with E-state index in [1.165, 1.54) is 11.3 Å².